The summed E-state index contributed by atoms with van der Waals surface area (Å²) in [6.07, 6.45) is 0. The first-order valence-electron chi connectivity index (χ1n) is 6.15. The Morgan fingerprint density at radius 1 is 1.11 bits per heavy atom. The van der Waals surface area contributed by atoms with Gasteiger partial charge in [-0.25, -0.2) is 4.39 Å². The molecule has 19 heavy (non-hydrogen) atoms. The summed E-state index contributed by atoms with van der Waals surface area (Å²) in [4.78, 5) is 0. The first-order valence-corrected chi connectivity index (χ1v) is 6.15. The highest BCUT2D eigenvalue weighted by atomic mass is 19.1. The summed E-state index contributed by atoms with van der Waals surface area (Å²) in [5.74, 6) is 0.439. The summed E-state index contributed by atoms with van der Waals surface area (Å²) in [5.41, 5.74) is 8.73. The minimum absolute atomic E-state index is 0.252. The van der Waals surface area contributed by atoms with Crippen LogP contribution in [0.5, 0.6) is 0 Å². The first-order chi connectivity index (χ1) is 9.15. The Kier molecular flexibility index (Phi) is 2.84. The van der Waals surface area contributed by atoms with Gasteiger partial charge >= 0.3 is 0 Å². The molecule has 0 aliphatic carbocycles. The van der Waals surface area contributed by atoms with E-state index >= 15 is 0 Å². The average molecular weight is 255 g/mol. The number of furan rings is 1. The van der Waals surface area contributed by atoms with Gasteiger partial charge in [0.25, 0.3) is 0 Å². The molecule has 2 nitrogen and oxygen atoms in total. The highest BCUT2D eigenvalue weighted by molar-refractivity contribution is 5.78. The Morgan fingerprint density at radius 2 is 1.89 bits per heavy atom. The van der Waals surface area contributed by atoms with Crippen LogP contribution < -0.4 is 5.73 Å². The number of benzene rings is 2. The van der Waals surface area contributed by atoms with Crippen molar-refractivity contribution in [1.29, 1.82) is 0 Å². The molecule has 1 aromatic heterocycles. The minimum atomic E-state index is -0.381. The van der Waals surface area contributed by atoms with Crippen LogP contribution >= 0.6 is 0 Å². The van der Waals surface area contributed by atoms with Gasteiger partial charge in [0.15, 0.2) is 0 Å². The molecule has 1 atom stereocenters. The van der Waals surface area contributed by atoms with Crippen molar-refractivity contribution in [3.63, 3.8) is 0 Å². The van der Waals surface area contributed by atoms with E-state index in [0.29, 0.717) is 5.76 Å². The standard InChI is InChI=1S/C16H14FNO/c1-10-8-12(17)6-7-13(10)16(18)15-9-11-4-2-3-5-14(11)19-15/h2-9,16H,18H2,1H3. The summed E-state index contributed by atoms with van der Waals surface area (Å²) >= 11 is 0. The average Bonchev–Trinajstić information content (AvgIpc) is 2.81. The van der Waals surface area contributed by atoms with Crippen LogP contribution in [0.4, 0.5) is 4.39 Å². The fourth-order valence-electron chi connectivity index (χ4n) is 2.30. The van der Waals surface area contributed by atoms with E-state index in [1.807, 2.05) is 37.3 Å². The number of fused-ring (bicyclic) bond motifs is 1. The monoisotopic (exact) mass is 255 g/mol. The van der Waals surface area contributed by atoms with Crippen molar-refractivity contribution >= 4 is 11.0 Å². The van der Waals surface area contributed by atoms with Gasteiger partial charge < -0.3 is 10.2 Å². The molecule has 0 radical (unpaired) electrons. The lowest BCUT2D eigenvalue weighted by Crippen LogP contribution is -2.12. The smallest absolute Gasteiger partial charge is 0.134 e. The number of para-hydroxylation sites is 1. The van der Waals surface area contributed by atoms with E-state index in [1.54, 1.807) is 6.07 Å². The Labute approximate surface area is 110 Å². The molecular formula is C16H14FNO. The van der Waals surface area contributed by atoms with Gasteiger partial charge in [-0.1, -0.05) is 24.3 Å². The Morgan fingerprint density at radius 3 is 2.63 bits per heavy atom. The van der Waals surface area contributed by atoms with Crippen molar-refractivity contribution in [2.75, 3.05) is 0 Å². The molecule has 2 N–H and O–H groups in total. The molecule has 3 heteroatoms. The van der Waals surface area contributed by atoms with E-state index in [4.69, 9.17) is 10.2 Å². The Hall–Kier alpha value is -2.13. The summed E-state index contributed by atoms with van der Waals surface area (Å²) in [5, 5.41) is 1.02. The number of rotatable bonds is 2. The first kappa shape index (κ1) is 11.9. The molecule has 1 heterocycles. The van der Waals surface area contributed by atoms with E-state index in [2.05, 4.69) is 0 Å². The minimum Gasteiger partial charge on any atom is -0.459 e. The van der Waals surface area contributed by atoms with E-state index in [1.165, 1.54) is 12.1 Å². The van der Waals surface area contributed by atoms with Gasteiger partial charge in [-0.2, -0.15) is 0 Å². The van der Waals surface area contributed by atoms with Gasteiger partial charge in [0, 0.05) is 5.39 Å². The van der Waals surface area contributed by atoms with Gasteiger partial charge in [-0.3, -0.25) is 0 Å². The maximum absolute atomic E-state index is 13.1. The summed E-state index contributed by atoms with van der Waals surface area (Å²) in [6.45, 7) is 1.85. The predicted octanol–water partition coefficient (Wildman–Crippen LogP) is 3.93. The van der Waals surface area contributed by atoms with Crippen LogP contribution in [0.1, 0.15) is 22.9 Å². The van der Waals surface area contributed by atoms with Crippen LogP contribution in [-0.4, -0.2) is 0 Å². The molecule has 3 rings (SSSR count). The summed E-state index contributed by atoms with van der Waals surface area (Å²) in [6, 6.07) is 13.9. The van der Waals surface area contributed by atoms with Gasteiger partial charge in [0.05, 0.1) is 6.04 Å². The number of nitrogens with two attached hydrogens (primary N) is 1. The third kappa shape index (κ3) is 2.13. The maximum atomic E-state index is 13.1. The van der Waals surface area contributed by atoms with Crippen molar-refractivity contribution in [3.05, 3.63) is 71.2 Å². The molecular weight excluding hydrogens is 241 g/mol. The zero-order valence-corrected chi connectivity index (χ0v) is 10.6. The quantitative estimate of drug-likeness (QED) is 0.753. The molecule has 0 bridgehead atoms. The van der Waals surface area contributed by atoms with Crippen molar-refractivity contribution < 1.29 is 8.81 Å². The molecule has 2 aromatic carbocycles. The van der Waals surface area contributed by atoms with E-state index in [9.17, 15) is 4.39 Å². The number of hydrogen-bond acceptors (Lipinski definition) is 2. The predicted molar refractivity (Wildman–Crippen MR) is 73.4 cm³/mol. The highest BCUT2D eigenvalue weighted by Crippen LogP contribution is 2.28. The van der Waals surface area contributed by atoms with Crippen molar-refractivity contribution in [2.24, 2.45) is 5.73 Å². The SMILES string of the molecule is Cc1cc(F)ccc1C(N)c1cc2ccccc2o1. The molecule has 0 saturated heterocycles. The van der Waals surface area contributed by atoms with Crippen LogP contribution in [-0.2, 0) is 0 Å². The molecule has 96 valence electrons. The molecule has 1 unspecified atom stereocenters. The van der Waals surface area contributed by atoms with Crippen LogP contribution in [0.15, 0.2) is 52.9 Å². The third-order valence-electron chi connectivity index (χ3n) is 3.32. The largest absolute Gasteiger partial charge is 0.459 e. The Bertz CT molecular complexity index is 699. The molecule has 0 aliphatic heterocycles. The lowest BCUT2D eigenvalue weighted by molar-refractivity contribution is 0.523. The van der Waals surface area contributed by atoms with Crippen LogP contribution in [0.3, 0.4) is 0 Å². The van der Waals surface area contributed by atoms with Crippen molar-refractivity contribution in [2.45, 2.75) is 13.0 Å². The molecule has 0 fully saturated rings. The van der Waals surface area contributed by atoms with E-state index in [0.717, 1.165) is 22.1 Å². The van der Waals surface area contributed by atoms with Crippen LogP contribution in [0.2, 0.25) is 0 Å². The highest BCUT2D eigenvalue weighted by Gasteiger charge is 2.16. The molecule has 0 amide bonds. The van der Waals surface area contributed by atoms with Gasteiger partial charge in [0.1, 0.15) is 17.2 Å². The van der Waals surface area contributed by atoms with Crippen molar-refractivity contribution in [1.82, 2.24) is 0 Å². The van der Waals surface area contributed by atoms with Gasteiger partial charge in [0.2, 0.25) is 0 Å². The zero-order chi connectivity index (χ0) is 13.4. The lowest BCUT2D eigenvalue weighted by Gasteiger charge is -2.12. The fourth-order valence-corrected chi connectivity index (χ4v) is 2.30. The number of hydrogen-bond donors (Lipinski definition) is 1. The molecule has 0 saturated carbocycles. The van der Waals surface area contributed by atoms with Gasteiger partial charge in [-0.05, 0) is 42.3 Å². The van der Waals surface area contributed by atoms with Crippen LogP contribution in [0, 0.1) is 12.7 Å². The second-order valence-corrected chi connectivity index (χ2v) is 4.67. The molecule has 0 aliphatic rings. The third-order valence-corrected chi connectivity index (χ3v) is 3.32. The second kappa shape index (κ2) is 4.52. The number of aryl methyl sites for hydroxylation is 1. The normalized spacial score (nSPS) is 12.8. The van der Waals surface area contributed by atoms with Crippen LogP contribution in [0.25, 0.3) is 11.0 Å². The fraction of sp³-hybridized carbons (Fsp3) is 0.125. The molecule has 3 aromatic rings. The maximum Gasteiger partial charge on any atom is 0.134 e. The second-order valence-electron chi connectivity index (χ2n) is 4.67. The van der Waals surface area contributed by atoms with Gasteiger partial charge in [-0.15, -0.1) is 0 Å². The van der Waals surface area contributed by atoms with Crippen molar-refractivity contribution in [3.8, 4) is 0 Å². The summed E-state index contributed by atoms with van der Waals surface area (Å²) < 4.78 is 18.9. The lowest BCUT2D eigenvalue weighted by atomic mass is 10.00. The van der Waals surface area contributed by atoms with E-state index in [-0.39, 0.29) is 11.9 Å². The zero-order valence-electron chi connectivity index (χ0n) is 10.6. The summed E-state index contributed by atoms with van der Waals surface area (Å²) in [7, 11) is 0. The number of halogens is 1. The topological polar surface area (TPSA) is 39.2 Å². The molecule has 0 spiro atoms. The van der Waals surface area contributed by atoms with E-state index < -0.39 is 0 Å². The Balaban J connectivity index is 2.05.